The lowest BCUT2D eigenvalue weighted by atomic mass is 9.66. The van der Waals surface area contributed by atoms with Crippen LogP contribution in [0.15, 0.2) is 11.6 Å². The Labute approximate surface area is 99.3 Å². The van der Waals surface area contributed by atoms with E-state index in [1.165, 1.54) is 12.0 Å². The maximum Gasteiger partial charge on any atom is 0.139 e. The van der Waals surface area contributed by atoms with Crippen LogP contribution in [0.25, 0.3) is 0 Å². The molecule has 0 saturated heterocycles. The van der Waals surface area contributed by atoms with Gasteiger partial charge in [0.25, 0.3) is 0 Å². The molecule has 3 atom stereocenters. The van der Waals surface area contributed by atoms with E-state index in [-0.39, 0.29) is 5.92 Å². The summed E-state index contributed by atoms with van der Waals surface area (Å²) in [6.07, 6.45) is 6.86. The van der Waals surface area contributed by atoms with E-state index >= 15 is 0 Å². The van der Waals surface area contributed by atoms with Gasteiger partial charge in [-0.25, -0.2) is 0 Å². The standard InChI is InChI=1S/C15H24O/c1-10-5-6-12-13(9-10)15(3,4)8-7-11(2)14(12)16/h9,11-13H,5-8H2,1-4H3/t11-,12+,13-/m1/s1. The predicted molar refractivity (Wildman–Crippen MR) is 67.2 cm³/mol. The number of rotatable bonds is 0. The molecular weight excluding hydrogens is 196 g/mol. The molecule has 1 heteroatoms. The first kappa shape index (κ1) is 11.9. The molecule has 2 rings (SSSR count). The summed E-state index contributed by atoms with van der Waals surface area (Å²) >= 11 is 0. The number of ketones is 1. The first-order chi connectivity index (χ1) is 7.42. The molecule has 0 spiro atoms. The fourth-order valence-corrected chi connectivity index (χ4v) is 3.42. The molecule has 2 aliphatic rings. The van der Waals surface area contributed by atoms with Gasteiger partial charge in [0.05, 0.1) is 0 Å². The molecule has 0 bridgehead atoms. The summed E-state index contributed by atoms with van der Waals surface area (Å²) < 4.78 is 0. The van der Waals surface area contributed by atoms with Gasteiger partial charge in [0, 0.05) is 11.8 Å². The number of carbonyl (C=O) groups is 1. The van der Waals surface area contributed by atoms with Crippen molar-refractivity contribution < 1.29 is 4.79 Å². The summed E-state index contributed by atoms with van der Waals surface area (Å²) in [5.74, 6) is 1.59. The zero-order chi connectivity index (χ0) is 11.9. The van der Waals surface area contributed by atoms with Crippen LogP contribution < -0.4 is 0 Å². The largest absolute Gasteiger partial charge is 0.299 e. The number of hydrogen-bond acceptors (Lipinski definition) is 1. The molecule has 0 aromatic rings. The molecule has 0 radical (unpaired) electrons. The molecule has 1 fully saturated rings. The Morgan fingerprint density at radius 2 is 2.00 bits per heavy atom. The Hall–Kier alpha value is -0.590. The molecule has 0 amide bonds. The normalized spacial score (nSPS) is 38.6. The van der Waals surface area contributed by atoms with Gasteiger partial charge in [-0.3, -0.25) is 4.79 Å². The van der Waals surface area contributed by atoms with Crippen LogP contribution >= 0.6 is 0 Å². The first-order valence-corrected chi connectivity index (χ1v) is 6.63. The molecule has 1 nitrogen and oxygen atoms in total. The lowest BCUT2D eigenvalue weighted by molar-refractivity contribution is -0.127. The Morgan fingerprint density at radius 1 is 1.31 bits per heavy atom. The van der Waals surface area contributed by atoms with Gasteiger partial charge in [-0.1, -0.05) is 32.4 Å². The quantitative estimate of drug-likeness (QED) is 0.564. The van der Waals surface area contributed by atoms with Crippen molar-refractivity contribution in [2.75, 3.05) is 0 Å². The monoisotopic (exact) mass is 220 g/mol. The van der Waals surface area contributed by atoms with Crippen LogP contribution in [-0.2, 0) is 4.79 Å². The summed E-state index contributed by atoms with van der Waals surface area (Å²) in [5.41, 5.74) is 1.78. The summed E-state index contributed by atoms with van der Waals surface area (Å²) in [4.78, 5) is 12.3. The molecule has 90 valence electrons. The summed E-state index contributed by atoms with van der Waals surface area (Å²) in [7, 11) is 0. The third-order valence-electron chi connectivity index (χ3n) is 4.72. The highest BCUT2D eigenvalue weighted by atomic mass is 16.1. The lowest BCUT2D eigenvalue weighted by Crippen LogP contribution is -2.34. The summed E-state index contributed by atoms with van der Waals surface area (Å²) in [6.45, 7) is 9.01. The Balaban J connectivity index is 2.37. The van der Waals surface area contributed by atoms with E-state index in [0.717, 1.165) is 19.3 Å². The van der Waals surface area contributed by atoms with E-state index < -0.39 is 0 Å². The van der Waals surface area contributed by atoms with Gasteiger partial charge in [-0.15, -0.1) is 0 Å². The Kier molecular flexibility index (Phi) is 2.98. The lowest BCUT2D eigenvalue weighted by Gasteiger charge is -2.38. The predicted octanol–water partition coefficient (Wildman–Crippen LogP) is 3.98. The van der Waals surface area contributed by atoms with Crippen molar-refractivity contribution in [3.63, 3.8) is 0 Å². The molecule has 1 saturated carbocycles. The SMILES string of the molecule is CC1=C[C@@H]2[C@H](CC1)C(=O)[C@H](C)CCC2(C)C. The molecule has 0 N–H and O–H groups in total. The highest BCUT2D eigenvalue weighted by Gasteiger charge is 2.43. The molecule has 0 aromatic carbocycles. The average Bonchev–Trinajstić information content (AvgIpc) is 2.31. The molecule has 0 heterocycles. The second kappa shape index (κ2) is 4.01. The maximum absolute atomic E-state index is 12.3. The van der Waals surface area contributed by atoms with Crippen molar-refractivity contribution in [1.82, 2.24) is 0 Å². The fraction of sp³-hybridized carbons (Fsp3) is 0.800. The average molecular weight is 220 g/mol. The molecule has 2 aliphatic carbocycles. The highest BCUT2D eigenvalue weighted by Crippen LogP contribution is 2.47. The van der Waals surface area contributed by atoms with Crippen molar-refractivity contribution in [3.05, 3.63) is 11.6 Å². The van der Waals surface area contributed by atoms with Crippen molar-refractivity contribution in [2.24, 2.45) is 23.2 Å². The zero-order valence-electron chi connectivity index (χ0n) is 11.0. The topological polar surface area (TPSA) is 17.1 Å². The van der Waals surface area contributed by atoms with Crippen LogP contribution in [0.1, 0.15) is 53.4 Å². The number of fused-ring (bicyclic) bond motifs is 1. The van der Waals surface area contributed by atoms with Crippen LogP contribution in [-0.4, -0.2) is 5.78 Å². The second-order valence-electron chi connectivity index (χ2n) is 6.51. The summed E-state index contributed by atoms with van der Waals surface area (Å²) in [5, 5.41) is 0. The van der Waals surface area contributed by atoms with Gasteiger partial charge in [0.2, 0.25) is 0 Å². The van der Waals surface area contributed by atoms with Crippen molar-refractivity contribution in [1.29, 1.82) is 0 Å². The van der Waals surface area contributed by atoms with Crippen LogP contribution in [0.4, 0.5) is 0 Å². The summed E-state index contributed by atoms with van der Waals surface area (Å²) in [6, 6.07) is 0. The minimum atomic E-state index is 0.279. The van der Waals surface area contributed by atoms with E-state index in [4.69, 9.17) is 0 Å². The van der Waals surface area contributed by atoms with Crippen LogP contribution in [0.5, 0.6) is 0 Å². The first-order valence-electron chi connectivity index (χ1n) is 6.63. The number of carbonyl (C=O) groups excluding carboxylic acids is 1. The van der Waals surface area contributed by atoms with E-state index in [2.05, 4.69) is 33.8 Å². The molecule has 0 aliphatic heterocycles. The zero-order valence-corrected chi connectivity index (χ0v) is 11.0. The Bertz CT molecular complexity index is 324. The minimum absolute atomic E-state index is 0.279. The third kappa shape index (κ3) is 1.97. The molecule has 0 aromatic heterocycles. The highest BCUT2D eigenvalue weighted by molar-refractivity contribution is 5.84. The van der Waals surface area contributed by atoms with Gasteiger partial charge in [0.1, 0.15) is 5.78 Å². The van der Waals surface area contributed by atoms with Gasteiger partial charge in [0.15, 0.2) is 0 Å². The van der Waals surface area contributed by atoms with Crippen LogP contribution in [0.3, 0.4) is 0 Å². The van der Waals surface area contributed by atoms with Crippen molar-refractivity contribution in [2.45, 2.75) is 53.4 Å². The molecular formula is C15H24O. The van der Waals surface area contributed by atoms with Gasteiger partial charge in [-0.2, -0.15) is 0 Å². The molecule has 16 heavy (non-hydrogen) atoms. The fourth-order valence-electron chi connectivity index (χ4n) is 3.42. The van der Waals surface area contributed by atoms with Crippen LogP contribution in [0.2, 0.25) is 0 Å². The van der Waals surface area contributed by atoms with Crippen LogP contribution in [0, 0.1) is 23.2 Å². The van der Waals surface area contributed by atoms with Gasteiger partial charge >= 0.3 is 0 Å². The van der Waals surface area contributed by atoms with Crippen molar-refractivity contribution >= 4 is 5.78 Å². The second-order valence-corrected chi connectivity index (χ2v) is 6.51. The molecule has 0 unspecified atom stereocenters. The van der Waals surface area contributed by atoms with Crippen molar-refractivity contribution in [3.8, 4) is 0 Å². The third-order valence-corrected chi connectivity index (χ3v) is 4.72. The number of hydrogen-bond donors (Lipinski definition) is 0. The minimum Gasteiger partial charge on any atom is -0.299 e. The Morgan fingerprint density at radius 3 is 2.69 bits per heavy atom. The smallest absolute Gasteiger partial charge is 0.139 e. The van der Waals surface area contributed by atoms with E-state index in [0.29, 0.717) is 23.0 Å². The van der Waals surface area contributed by atoms with E-state index in [1.54, 1.807) is 0 Å². The van der Waals surface area contributed by atoms with E-state index in [9.17, 15) is 4.79 Å². The van der Waals surface area contributed by atoms with Gasteiger partial charge < -0.3 is 0 Å². The van der Waals surface area contributed by atoms with E-state index in [1.807, 2.05) is 0 Å². The van der Waals surface area contributed by atoms with Gasteiger partial charge in [-0.05, 0) is 43.9 Å². The number of allylic oxidation sites excluding steroid dienone is 2. The maximum atomic E-state index is 12.3. The number of Topliss-reactive ketones (excluding diaryl/α,β-unsaturated/α-hetero) is 1.